The Bertz CT molecular complexity index is 268. The van der Waals surface area contributed by atoms with E-state index in [1.165, 1.54) is 0 Å². The summed E-state index contributed by atoms with van der Waals surface area (Å²) in [6, 6.07) is -0.465. The molecular formula is C11H20N2O3. The summed E-state index contributed by atoms with van der Waals surface area (Å²) in [6.07, 6.45) is 3.17. The minimum absolute atomic E-state index is 0.0998. The quantitative estimate of drug-likeness (QED) is 0.715. The average Bonchev–Trinajstić information content (AvgIpc) is 2.74. The van der Waals surface area contributed by atoms with Crippen LogP contribution in [-0.4, -0.2) is 41.0 Å². The zero-order valence-corrected chi connectivity index (χ0v) is 9.69. The number of carboxylic acid groups (broad SMARTS) is 1. The lowest BCUT2D eigenvalue weighted by Crippen LogP contribution is -2.42. The third-order valence-corrected chi connectivity index (χ3v) is 3.04. The summed E-state index contributed by atoms with van der Waals surface area (Å²) in [4.78, 5) is 24.2. The number of nitrogens with two attached hydrogens (primary N) is 1. The van der Waals surface area contributed by atoms with Gasteiger partial charge in [-0.1, -0.05) is 19.8 Å². The van der Waals surface area contributed by atoms with Crippen molar-refractivity contribution in [2.75, 3.05) is 13.1 Å². The second-order valence-electron chi connectivity index (χ2n) is 4.36. The highest BCUT2D eigenvalue weighted by atomic mass is 16.4. The van der Waals surface area contributed by atoms with Crippen LogP contribution < -0.4 is 5.73 Å². The molecule has 1 aliphatic rings. The van der Waals surface area contributed by atoms with Gasteiger partial charge in [-0.3, -0.25) is 9.59 Å². The summed E-state index contributed by atoms with van der Waals surface area (Å²) in [7, 11) is 0. The first-order valence-electron chi connectivity index (χ1n) is 5.83. The van der Waals surface area contributed by atoms with Crippen LogP contribution >= 0.6 is 0 Å². The van der Waals surface area contributed by atoms with Crippen LogP contribution in [0.5, 0.6) is 0 Å². The summed E-state index contributed by atoms with van der Waals surface area (Å²) in [5.41, 5.74) is 5.77. The molecule has 1 rings (SSSR count). The van der Waals surface area contributed by atoms with Gasteiger partial charge >= 0.3 is 5.97 Å². The molecule has 0 aliphatic carbocycles. The molecule has 0 spiro atoms. The monoisotopic (exact) mass is 228 g/mol. The number of unbranched alkanes of at least 4 members (excludes halogenated alkanes) is 1. The normalized spacial score (nSPS) is 22.1. The molecule has 0 radical (unpaired) electrons. The predicted molar refractivity (Wildman–Crippen MR) is 59.8 cm³/mol. The molecule has 1 aliphatic heterocycles. The first-order chi connectivity index (χ1) is 7.56. The first-order valence-corrected chi connectivity index (χ1v) is 5.83. The van der Waals surface area contributed by atoms with Gasteiger partial charge in [0.15, 0.2) is 0 Å². The van der Waals surface area contributed by atoms with E-state index in [1.54, 1.807) is 4.90 Å². The smallest absolute Gasteiger partial charge is 0.308 e. The summed E-state index contributed by atoms with van der Waals surface area (Å²) in [6.45, 7) is 2.89. The topological polar surface area (TPSA) is 83.6 Å². The third kappa shape index (κ3) is 3.20. The van der Waals surface area contributed by atoms with Crippen molar-refractivity contribution in [3.05, 3.63) is 0 Å². The van der Waals surface area contributed by atoms with Gasteiger partial charge in [-0.15, -0.1) is 0 Å². The Morgan fingerprint density at radius 3 is 2.75 bits per heavy atom. The largest absolute Gasteiger partial charge is 0.481 e. The first kappa shape index (κ1) is 13.0. The highest BCUT2D eigenvalue weighted by molar-refractivity contribution is 5.83. The predicted octanol–water partition coefficient (Wildman–Crippen LogP) is 0.437. The van der Waals surface area contributed by atoms with Crippen LogP contribution in [0.3, 0.4) is 0 Å². The third-order valence-electron chi connectivity index (χ3n) is 3.04. The van der Waals surface area contributed by atoms with Gasteiger partial charge in [-0.05, 0) is 12.8 Å². The molecule has 16 heavy (non-hydrogen) atoms. The standard InChI is InChI=1S/C11H20N2O3/c1-2-3-4-9(12)10(14)13-6-5-8(7-13)11(15)16/h8-9H,2-7,12H2,1H3,(H,15,16). The average molecular weight is 228 g/mol. The Morgan fingerprint density at radius 1 is 1.56 bits per heavy atom. The van der Waals surface area contributed by atoms with Crippen LogP contribution in [0.1, 0.15) is 32.6 Å². The Hall–Kier alpha value is -1.10. The molecule has 1 amide bonds. The maximum atomic E-state index is 11.8. The van der Waals surface area contributed by atoms with Crippen molar-refractivity contribution in [3.63, 3.8) is 0 Å². The number of aliphatic carboxylic acids is 1. The molecule has 92 valence electrons. The Morgan fingerprint density at radius 2 is 2.25 bits per heavy atom. The fourth-order valence-electron chi connectivity index (χ4n) is 1.94. The molecule has 2 unspecified atom stereocenters. The van der Waals surface area contributed by atoms with E-state index >= 15 is 0 Å². The van der Waals surface area contributed by atoms with E-state index in [9.17, 15) is 9.59 Å². The number of carboxylic acids is 1. The maximum absolute atomic E-state index is 11.8. The molecule has 5 heteroatoms. The van der Waals surface area contributed by atoms with E-state index < -0.39 is 17.9 Å². The zero-order chi connectivity index (χ0) is 12.1. The molecule has 1 heterocycles. The number of amides is 1. The highest BCUT2D eigenvalue weighted by Gasteiger charge is 2.32. The van der Waals surface area contributed by atoms with Crippen LogP contribution in [0.15, 0.2) is 0 Å². The SMILES string of the molecule is CCCCC(N)C(=O)N1CCC(C(=O)O)C1. The van der Waals surface area contributed by atoms with E-state index in [-0.39, 0.29) is 5.91 Å². The van der Waals surface area contributed by atoms with Gasteiger partial charge in [0.05, 0.1) is 12.0 Å². The van der Waals surface area contributed by atoms with E-state index in [0.29, 0.717) is 25.9 Å². The van der Waals surface area contributed by atoms with Crippen LogP contribution in [-0.2, 0) is 9.59 Å². The molecule has 1 saturated heterocycles. The lowest BCUT2D eigenvalue weighted by atomic mass is 10.1. The Balaban J connectivity index is 2.41. The second-order valence-corrected chi connectivity index (χ2v) is 4.36. The van der Waals surface area contributed by atoms with Gasteiger partial charge in [-0.25, -0.2) is 0 Å². The van der Waals surface area contributed by atoms with Gasteiger partial charge in [0.25, 0.3) is 0 Å². The number of hydrogen-bond acceptors (Lipinski definition) is 3. The molecule has 5 nitrogen and oxygen atoms in total. The molecule has 0 aromatic heterocycles. The van der Waals surface area contributed by atoms with Crippen molar-refractivity contribution in [1.29, 1.82) is 0 Å². The van der Waals surface area contributed by atoms with Crippen LogP contribution in [0.25, 0.3) is 0 Å². The summed E-state index contributed by atoms with van der Waals surface area (Å²) >= 11 is 0. The molecule has 2 atom stereocenters. The Kier molecular flexibility index (Phi) is 4.73. The lowest BCUT2D eigenvalue weighted by Gasteiger charge is -2.20. The van der Waals surface area contributed by atoms with Crippen LogP contribution in [0, 0.1) is 5.92 Å². The molecule has 0 aromatic rings. The van der Waals surface area contributed by atoms with Gasteiger partial charge < -0.3 is 15.7 Å². The molecule has 1 fully saturated rings. The maximum Gasteiger partial charge on any atom is 0.308 e. The van der Waals surface area contributed by atoms with Crippen molar-refractivity contribution in [1.82, 2.24) is 4.90 Å². The number of hydrogen-bond donors (Lipinski definition) is 2. The van der Waals surface area contributed by atoms with Crippen molar-refractivity contribution < 1.29 is 14.7 Å². The van der Waals surface area contributed by atoms with Crippen LogP contribution in [0.2, 0.25) is 0 Å². The van der Waals surface area contributed by atoms with E-state index in [1.807, 2.05) is 6.92 Å². The summed E-state index contributed by atoms with van der Waals surface area (Å²) in [5, 5.41) is 8.82. The number of rotatable bonds is 5. The minimum Gasteiger partial charge on any atom is -0.481 e. The molecule has 0 saturated carbocycles. The van der Waals surface area contributed by atoms with Gasteiger partial charge in [-0.2, -0.15) is 0 Å². The van der Waals surface area contributed by atoms with Crippen molar-refractivity contribution in [3.8, 4) is 0 Å². The van der Waals surface area contributed by atoms with E-state index in [0.717, 1.165) is 12.8 Å². The van der Waals surface area contributed by atoms with E-state index in [4.69, 9.17) is 10.8 Å². The van der Waals surface area contributed by atoms with Gasteiger partial charge in [0.2, 0.25) is 5.91 Å². The molecule has 3 N–H and O–H groups in total. The zero-order valence-electron chi connectivity index (χ0n) is 9.69. The number of likely N-dealkylation sites (tertiary alicyclic amines) is 1. The van der Waals surface area contributed by atoms with Crippen molar-refractivity contribution >= 4 is 11.9 Å². The number of nitrogens with zero attached hydrogens (tertiary/aromatic N) is 1. The van der Waals surface area contributed by atoms with Crippen molar-refractivity contribution in [2.24, 2.45) is 11.7 Å². The van der Waals surface area contributed by atoms with E-state index in [2.05, 4.69) is 0 Å². The number of carbonyl (C=O) groups excluding carboxylic acids is 1. The summed E-state index contributed by atoms with van der Waals surface area (Å²) in [5.74, 6) is -1.34. The molecular weight excluding hydrogens is 208 g/mol. The van der Waals surface area contributed by atoms with Crippen molar-refractivity contribution in [2.45, 2.75) is 38.6 Å². The highest BCUT2D eigenvalue weighted by Crippen LogP contribution is 2.17. The second kappa shape index (κ2) is 5.84. The fraction of sp³-hybridized carbons (Fsp3) is 0.818. The van der Waals surface area contributed by atoms with Gasteiger partial charge in [0.1, 0.15) is 0 Å². The molecule has 0 bridgehead atoms. The minimum atomic E-state index is -0.822. The fourth-order valence-corrected chi connectivity index (χ4v) is 1.94. The van der Waals surface area contributed by atoms with Crippen LogP contribution in [0.4, 0.5) is 0 Å². The lowest BCUT2D eigenvalue weighted by molar-refractivity contribution is -0.141. The summed E-state index contributed by atoms with van der Waals surface area (Å²) < 4.78 is 0. The Labute approximate surface area is 95.6 Å². The molecule has 0 aromatic carbocycles. The van der Waals surface area contributed by atoms with Gasteiger partial charge in [0, 0.05) is 13.1 Å². The number of carbonyl (C=O) groups is 2.